The molecular weight excluding hydrogens is 346 g/mol. The molecule has 0 atom stereocenters. The highest BCUT2D eigenvalue weighted by Crippen LogP contribution is 2.35. The Bertz CT molecular complexity index is 1090. The normalized spacial score (nSPS) is 10.9. The molecule has 4 aromatic rings. The topological polar surface area (TPSA) is 48.5 Å². The van der Waals surface area contributed by atoms with Gasteiger partial charge in [-0.25, -0.2) is 4.98 Å². The molecule has 0 saturated heterocycles. The zero-order valence-corrected chi connectivity index (χ0v) is 16.2. The van der Waals surface area contributed by atoms with E-state index in [2.05, 4.69) is 42.1 Å². The fourth-order valence-electron chi connectivity index (χ4n) is 3.58. The number of rotatable bonds is 6. The van der Waals surface area contributed by atoms with Crippen molar-refractivity contribution in [2.24, 2.45) is 0 Å². The summed E-state index contributed by atoms with van der Waals surface area (Å²) >= 11 is 0. The van der Waals surface area contributed by atoms with Gasteiger partial charge in [0.15, 0.2) is 0 Å². The average Bonchev–Trinajstić information content (AvgIpc) is 3.24. The standard InChI is InChI=1S/C23H23N5/c1-4-14-28-18(3)21(17(2)26-28)23-22(19-10-6-5-7-11-19)25-16-27(23)15-20-12-8-9-13-24-20/h4-13,16H,1,14-15H2,2-3H3. The van der Waals surface area contributed by atoms with Crippen LogP contribution >= 0.6 is 0 Å². The molecule has 4 rings (SSSR count). The van der Waals surface area contributed by atoms with Gasteiger partial charge in [0, 0.05) is 23.0 Å². The van der Waals surface area contributed by atoms with Crippen LogP contribution in [0.15, 0.2) is 73.7 Å². The molecule has 0 aliphatic rings. The fraction of sp³-hybridized carbons (Fsp3) is 0.174. The van der Waals surface area contributed by atoms with Crippen LogP contribution in [0.1, 0.15) is 17.1 Å². The number of aromatic nitrogens is 5. The van der Waals surface area contributed by atoms with Crippen LogP contribution in [0, 0.1) is 13.8 Å². The highest BCUT2D eigenvalue weighted by atomic mass is 15.3. The SMILES string of the molecule is C=CCn1nc(C)c(-c2c(-c3ccccc3)ncn2Cc2ccccn2)c1C. The van der Waals surface area contributed by atoms with E-state index in [0.29, 0.717) is 13.1 Å². The average molecular weight is 369 g/mol. The van der Waals surface area contributed by atoms with E-state index in [4.69, 9.17) is 10.1 Å². The number of hydrogen-bond donors (Lipinski definition) is 0. The van der Waals surface area contributed by atoms with E-state index in [1.807, 2.05) is 59.7 Å². The number of allylic oxidation sites excluding steroid dienone is 1. The Balaban J connectivity index is 1.91. The van der Waals surface area contributed by atoms with Crippen molar-refractivity contribution in [1.82, 2.24) is 24.3 Å². The maximum absolute atomic E-state index is 4.77. The van der Waals surface area contributed by atoms with Gasteiger partial charge in [-0.05, 0) is 26.0 Å². The van der Waals surface area contributed by atoms with Gasteiger partial charge in [-0.3, -0.25) is 9.67 Å². The number of pyridine rings is 1. The van der Waals surface area contributed by atoms with Gasteiger partial charge in [0.1, 0.15) is 0 Å². The number of aryl methyl sites for hydroxylation is 1. The van der Waals surface area contributed by atoms with Gasteiger partial charge in [-0.15, -0.1) is 6.58 Å². The second kappa shape index (κ2) is 7.64. The van der Waals surface area contributed by atoms with Crippen molar-refractivity contribution < 1.29 is 0 Å². The van der Waals surface area contributed by atoms with Gasteiger partial charge >= 0.3 is 0 Å². The van der Waals surface area contributed by atoms with Gasteiger partial charge in [-0.2, -0.15) is 5.10 Å². The molecule has 0 saturated carbocycles. The number of imidazole rings is 1. The van der Waals surface area contributed by atoms with Crippen LogP contribution in [0.3, 0.4) is 0 Å². The molecule has 0 spiro atoms. The summed E-state index contributed by atoms with van der Waals surface area (Å²) in [4.78, 5) is 9.26. The van der Waals surface area contributed by atoms with Crippen LogP contribution in [0.4, 0.5) is 0 Å². The summed E-state index contributed by atoms with van der Waals surface area (Å²) in [7, 11) is 0. The second-order valence-corrected chi connectivity index (χ2v) is 6.77. The van der Waals surface area contributed by atoms with Gasteiger partial charge < -0.3 is 4.57 Å². The minimum atomic E-state index is 0.654. The van der Waals surface area contributed by atoms with Crippen LogP contribution in [-0.4, -0.2) is 24.3 Å². The Morgan fingerprint density at radius 3 is 2.50 bits per heavy atom. The Morgan fingerprint density at radius 2 is 1.79 bits per heavy atom. The van der Waals surface area contributed by atoms with Crippen molar-refractivity contribution in [1.29, 1.82) is 0 Å². The van der Waals surface area contributed by atoms with Crippen LogP contribution in [0.5, 0.6) is 0 Å². The summed E-state index contributed by atoms with van der Waals surface area (Å²) in [6, 6.07) is 16.3. The lowest BCUT2D eigenvalue weighted by Crippen LogP contribution is -2.04. The van der Waals surface area contributed by atoms with Crippen LogP contribution in [0.25, 0.3) is 22.5 Å². The lowest BCUT2D eigenvalue weighted by atomic mass is 10.0. The van der Waals surface area contributed by atoms with Gasteiger partial charge in [0.25, 0.3) is 0 Å². The Hall–Kier alpha value is -3.47. The quantitative estimate of drug-likeness (QED) is 0.465. The lowest BCUT2D eigenvalue weighted by molar-refractivity contribution is 0.673. The summed E-state index contributed by atoms with van der Waals surface area (Å²) in [5, 5.41) is 4.73. The first-order valence-electron chi connectivity index (χ1n) is 9.34. The Labute approximate surface area is 165 Å². The minimum Gasteiger partial charge on any atom is -0.324 e. The molecule has 0 radical (unpaired) electrons. The number of hydrogen-bond acceptors (Lipinski definition) is 3. The first-order valence-corrected chi connectivity index (χ1v) is 9.34. The zero-order chi connectivity index (χ0) is 19.5. The monoisotopic (exact) mass is 369 g/mol. The van der Waals surface area contributed by atoms with Crippen molar-refractivity contribution >= 4 is 0 Å². The van der Waals surface area contributed by atoms with Crippen LogP contribution < -0.4 is 0 Å². The van der Waals surface area contributed by atoms with Gasteiger partial charge in [0.05, 0.1) is 42.2 Å². The third-order valence-electron chi connectivity index (χ3n) is 4.86. The van der Waals surface area contributed by atoms with Gasteiger partial charge in [-0.1, -0.05) is 42.5 Å². The predicted molar refractivity (Wildman–Crippen MR) is 112 cm³/mol. The molecule has 3 aromatic heterocycles. The van der Waals surface area contributed by atoms with E-state index in [1.165, 1.54) is 0 Å². The third-order valence-corrected chi connectivity index (χ3v) is 4.86. The summed E-state index contributed by atoms with van der Waals surface area (Å²) < 4.78 is 4.16. The molecule has 0 fully saturated rings. The third kappa shape index (κ3) is 3.27. The van der Waals surface area contributed by atoms with E-state index in [9.17, 15) is 0 Å². The van der Waals surface area contributed by atoms with E-state index in [-0.39, 0.29) is 0 Å². The van der Waals surface area contributed by atoms with E-state index < -0.39 is 0 Å². The summed E-state index contributed by atoms with van der Waals surface area (Å²) in [6.07, 6.45) is 5.59. The fourth-order valence-corrected chi connectivity index (χ4v) is 3.58. The molecule has 3 heterocycles. The predicted octanol–water partition coefficient (Wildman–Crippen LogP) is 4.66. The summed E-state index contributed by atoms with van der Waals surface area (Å²) in [6.45, 7) is 9.34. The van der Waals surface area contributed by atoms with Crippen molar-refractivity contribution in [2.45, 2.75) is 26.9 Å². The zero-order valence-electron chi connectivity index (χ0n) is 16.2. The lowest BCUT2D eigenvalue weighted by Gasteiger charge is -2.11. The molecule has 5 nitrogen and oxygen atoms in total. The Morgan fingerprint density at radius 1 is 1.00 bits per heavy atom. The summed E-state index contributed by atoms with van der Waals surface area (Å²) in [5.74, 6) is 0. The molecule has 0 unspecified atom stereocenters. The van der Waals surface area contributed by atoms with E-state index >= 15 is 0 Å². The van der Waals surface area contributed by atoms with Crippen molar-refractivity contribution in [3.63, 3.8) is 0 Å². The second-order valence-electron chi connectivity index (χ2n) is 6.77. The molecule has 5 heteroatoms. The molecule has 0 bridgehead atoms. The molecule has 0 aliphatic heterocycles. The first-order chi connectivity index (χ1) is 13.7. The van der Waals surface area contributed by atoms with Crippen molar-refractivity contribution in [3.05, 3.63) is 90.8 Å². The van der Waals surface area contributed by atoms with Crippen LogP contribution in [0.2, 0.25) is 0 Å². The summed E-state index contributed by atoms with van der Waals surface area (Å²) in [5.41, 5.74) is 7.33. The minimum absolute atomic E-state index is 0.654. The number of nitrogens with zero attached hydrogens (tertiary/aromatic N) is 5. The Kier molecular flexibility index (Phi) is 4.89. The first kappa shape index (κ1) is 17.9. The molecule has 1 aromatic carbocycles. The smallest absolute Gasteiger partial charge is 0.0964 e. The molecule has 0 N–H and O–H groups in total. The molecular formula is C23H23N5. The maximum atomic E-state index is 4.77. The van der Waals surface area contributed by atoms with Gasteiger partial charge in [0.2, 0.25) is 0 Å². The van der Waals surface area contributed by atoms with E-state index in [1.54, 1.807) is 0 Å². The molecule has 0 aliphatic carbocycles. The maximum Gasteiger partial charge on any atom is 0.0964 e. The van der Waals surface area contributed by atoms with Crippen molar-refractivity contribution in [2.75, 3.05) is 0 Å². The molecule has 140 valence electrons. The highest BCUT2D eigenvalue weighted by molar-refractivity contribution is 5.81. The van der Waals surface area contributed by atoms with Crippen molar-refractivity contribution in [3.8, 4) is 22.5 Å². The van der Waals surface area contributed by atoms with E-state index in [0.717, 1.165) is 39.6 Å². The number of benzene rings is 1. The largest absolute Gasteiger partial charge is 0.324 e. The van der Waals surface area contributed by atoms with Crippen LogP contribution in [-0.2, 0) is 13.1 Å². The molecule has 28 heavy (non-hydrogen) atoms. The molecule has 0 amide bonds. The highest BCUT2D eigenvalue weighted by Gasteiger charge is 2.22.